The molecule has 1 aromatic rings. The lowest BCUT2D eigenvalue weighted by molar-refractivity contribution is 0.199. The van der Waals surface area contributed by atoms with Crippen LogP contribution in [0.5, 0.6) is 0 Å². The predicted octanol–water partition coefficient (Wildman–Crippen LogP) is 2.65. The SMILES string of the molecule is CN1CCC(NC[C@@H](c2ccccc2F)N2CCCC2)CC1. The molecule has 3 rings (SSSR count). The van der Waals surface area contributed by atoms with Gasteiger partial charge in [0.15, 0.2) is 0 Å². The monoisotopic (exact) mass is 305 g/mol. The molecule has 2 heterocycles. The fourth-order valence-electron chi connectivity index (χ4n) is 3.73. The predicted molar refractivity (Wildman–Crippen MR) is 88.5 cm³/mol. The highest BCUT2D eigenvalue weighted by atomic mass is 19.1. The number of piperidine rings is 1. The highest BCUT2D eigenvalue weighted by Gasteiger charge is 2.26. The molecule has 1 atom stereocenters. The van der Waals surface area contributed by atoms with Gasteiger partial charge in [-0.05, 0) is 65.0 Å². The second kappa shape index (κ2) is 7.53. The summed E-state index contributed by atoms with van der Waals surface area (Å²) in [4.78, 5) is 4.83. The van der Waals surface area contributed by atoms with E-state index in [1.54, 1.807) is 12.1 Å². The lowest BCUT2D eigenvalue weighted by atomic mass is 10.0. The van der Waals surface area contributed by atoms with Crippen LogP contribution in [0.2, 0.25) is 0 Å². The molecule has 0 aromatic heterocycles. The van der Waals surface area contributed by atoms with Crippen molar-refractivity contribution in [1.82, 2.24) is 15.1 Å². The van der Waals surface area contributed by atoms with Gasteiger partial charge < -0.3 is 10.2 Å². The van der Waals surface area contributed by atoms with Gasteiger partial charge in [-0.25, -0.2) is 4.39 Å². The third kappa shape index (κ3) is 3.86. The quantitative estimate of drug-likeness (QED) is 0.902. The van der Waals surface area contributed by atoms with Crippen molar-refractivity contribution in [3.05, 3.63) is 35.6 Å². The number of likely N-dealkylation sites (tertiary alicyclic amines) is 2. The molecule has 0 bridgehead atoms. The van der Waals surface area contributed by atoms with Gasteiger partial charge in [-0.15, -0.1) is 0 Å². The van der Waals surface area contributed by atoms with Gasteiger partial charge in [0.2, 0.25) is 0 Å². The van der Waals surface area contributed by atoms with Crippen molar-refractivity contribution in [2.45, 2.75) is 37.8 Å². The summed E-state index contributed by atoms with van der Waals surface area (Å²) in [7, 11) is 2.18. The zero-order valence-corrected chi connectivity index (χ0v) is 13.6. The minimum atomic E-state index is -0.0652. The van der Waals surface area contributed by atoms with Gasteiger partial charge in [-0.3, -0.25) is 4.90 Å². The van der Waals surface area contributed by atoms with Crippen LogP contribution >= 0.6 is 0 Å². The third-order valence-corrected chi connectivity index (χ3v) is 5.16. The highest BCUT2D eigenvalue weighted by Crippen LogP contribution is 2.27. The van der Waals surface area contributed by atoms with E-state index >= 15 is 0 Å². The molecular weight excluding hydrogens is 277 g/mol. The van der Waals surface area contributed by atoms with Crippen LogP contribution < -0.4 is 5.32 Å². The Morgan fingerprint density at radius 2 is 1.82 bits per heavy atom. The molecule has 2 fully saturated rings. The molecule has 0 unspecified atom stereocenters. The van der Waals surface area contributed by atoms with Crippen LogP contribution in [0.4, 0.5) is 4.39 Å². The molecule has 0 saturated carbocycles. The van der Waals surface area contributed by atoms with Gasteiger partial charge in [-0.1, -0.05) is 18.2 Å². The summed E-state index contributed by atoms with van der Waals surface area (Å²) in [5, 5.41) is 3.71. The van der Waals surface area contributed by atoms with E-state index in [9.17, 15) is 4.39 Å². The largest absolute Gasteiger partial charge is 0.312 e. The maximum absolute atomic E-state index is 14.2. The standard InChI is InChI=1S/C18H28FN3/c1-21-12-8-15(9-13-21)20-14-18(22-10-4-5-11-22)16-6-2-3-7-17(16)19/h2-3,6-7,15,18,20H,4-5,8-14H2,1H3/t18-/m0/s1. The zero-order valence-electron chi connectivity index (χ0n) is 13.6. The molecule has 3 nitrogen and oxygen atoms in total. The van der Waals surface area contributed by atoms with Gasteiger partial charge >= 0.3 is 0 Å². The lowest BCUT2D eigenvalue weighted by Gasteiger charge is -2.33. The number of hydrogen-bond acceptors (Lipinski definition) is 3. The van der Waals surface area contributed by atoms with Gasteiger partial charge in [-0.2, -0.15) is 0 Å². The van der Waals surface area contributed by atoms with Gasteiger partial charge in [0, 0.05) is 18.2 Å². The van der Waals surface area contributed by atoms with Crippen molar-refractivity contribution in [2.75, 3.05) is 39.8 Å². The third-order valence-electron chi connectivity index (χ3n) is 5.16. The smallest absolute Gasteiger partial charge is 0.128 e. The first kappa shape index (κ1) is 15.9. The average Bonchev–Trinajstić information content (AvgIpc) is 3.05. The minimum Gasteiger partial charge on any atom is -0.312 e. The fraction of sp³-hybridized carbons (Fsp3) is 0.667. The first-order valence-electron chi connectivity index (χ1n) is 8.64. The lowest BCUT2D eigenvalue weighted by Crippen LogP contribution is -2.44. The maximum Gasteiger partial charge on any atom is 0.128 e. The summed E-state index contributed by atoms with van der Waals surface area (Å²) in [6, 6.07) is 8.03. The minimum absolute atomic E-state index is 0.0652. The van der Waals surface area contributed by atoms with Crippen molar-refractivity contribution >= 4 is 0 Å². The molecule has 122 valence electrons. The number of hydrogen-bond donors (Lipinski definition) is 1. The molecular formula is C18H28FN3. The Balaban J connectivity index is 1.65. The number of nitrogens with one attached hydrogen (secondary N) is 1. The van der Waals surface area contributed by atoms with E-state index in [0.29, 0.717) is 6.04 Å². The van der Waals surface area contributed by atoms with Crippen molar-refractivity contribution in [3.63, 3.8) is 0 Å². The molecule has 0 spiro atoms. The summed E-state index contributed by atoms with van der Waals surface area (Å²) in [6.45, 7) is 5.36. The van der Waals surface area contributed by atoms with Crippen LogP contribution in [-0.4, -0.2) is 55.6 Å². The Morgan fingerprint density at radius 3 is 2.50 bits per heavy atom. The van der Waals surface area contributed by atoms with E-state index < -0.39 is 0 Å². The van der Waals surface area contributed by atoms with Crippen LogP contribution in [0, 0.1) is 5.82 Å². The number of nitrogens with zero attached hydrogens (tertiary/aromatic N) is 2. The van der Waals surface area contributed by atoms with E-state index in [1.807, 2.05) is 12.1 Å². The van der Waals surface area contributed by atoms with Crippen molar-refractivity contribution in [1.29, 1.82) is 0 Å². The first-order valence-corrected chi connectivity index (χ1v) is 8.64. The van der Waals surface area contributed by atoms with Crippen LogP contribution in [-0.2, 0) is 0 Å². The Kier molecular flexibility index (Phi) is 5.45. The first-order chi connectivity index (χ1) is 10.7. The fourth-order valence-corrected chi connectivity index (χ4v) is 3.73. The number of benzene rings is 1. The van der Waals surface area contributed by atoms with E-state index in [-0.39, 0.29) is 11.9 Å². The Morgan fingerprint density at radius 1 is 1.14 bits per heavy atom. The van der Waals surface area contributed by atoms with E-state index in [4.69, 9.17) is 0 Å². The van der Waals surface area contributed by atoms with Gasteiger partial charge in [0.05, 0.1) is 6.04 Å². The Hall–Kier alpha value is -0.970. The van der Waals surface area contributed by atoms with Gasteiger partial charge in [0.1, 0.15) is 5.82 Å². The summed E-state index contributed by atoms with van der Waals surface area (Å²) < 4.78 is 14.2. The molecule has 0 amide bonds. The summed E-state index contributed by atoms with van der Waals surface area (Å²) in [6.07, 6.45) is 4.86. The number of halogens is 1. The second-order valence-corrected chi connectivity index (χ2v) is 6.77. The Bertz CT molecular complexity index is 465. The molecule has 22 heavy (non-hydrogen) atoms. The summed E-state index contributed by atoms with van der Waals surface area (Å²) >= 11 is 0. The van der Waals surface area contributed by atoms with E-state index in [0.717, 1.165) is 38.3 Å². The highest BCUT2D eigenvalue weighted by molar-refractivity contribution is 5.22. The molecule has 2 saturated heterocycles. The van der Waals surface area contributed by atoms with Crippen molar-refractivity contribution in [3.8, 4) is 0 Å². The van der Waals surface area contributed by atoms with Crippen molar-refractivity contribution < 1.29 is 4.39 Å². The number of rotatable bonds is 5. The molecule has 1 N–H and O–H groups in total. The van der Waals surface area contributed by atoms with E-state index in [2.05, 4.69) is 22.2 Å². The van der Waals surface area contributed by atoms with E-state index in [1.165, 1.54) is 25.7 Å². The van der Waals surface area contributed by atoms with Crippen LogP contribution in [0.25, 0.3) is 0 Å². The van der Waals surface area contributed by atoms with Crippen LogP contribution in [0.3, 0.4) is 0 Å². The second-order valence-electron chi connectivity index (χ2n) is 6.77. The topological polar surface area (TPSA) is 18.5 Å². The van der Waals surface area contributed by atoms with Crippen LogP contribution in [0.15, 0.2) is 24.3 Å². The maximum atomic E-state index is 14.2. The normalized spacial score (nSPS) is 23.0. The molecule has 1 aromatic carbocycles. The average molecular weight is 305 g/mol. The summed E-state index contributed by atoms with van der Waals surface area (Å²) in [5.74, 6) is -0.0652. The zero-order chi connectivity index (χ0) is 15.4. The molecule has 4 heteroatoms. The molecule has 0 radical (unpaired) electrons. The Labute approximate surface area is 133 Å². The molecule has 2 aliphatic heterocycles. The van der Waals surface area contributed by atoms with Crippen molar-refractivity contribution in [2.24, 2.45) is 0 Å². The van der Waals surface area contributed by atoms with Gasteiger partial charge in [0.25, 0.3) is 0 Å². The molecule has 2 aliphatic rings. The molecule has 0 aliphatic carbocycles. The van der Waals surface area contributed by atoms with Crippen LogP contribution in [0.1, 0.15) is 37.3 Å². The summed E-state index contributed by atoms with van der Waals surface area (Å²) in [5.41, 5.74) is 0.852.